The Balaban J connectivity index is 2.48. The van der Waals surface area contributed by atoms with Gasteiger partial charge in [-0.15, -0.1) is 16.9 Å². The number of hydrogen-bond donors (Lipinski definition) is 1. The van der Waals surface area contributed by atoms with E-state index in [0.717, 1.165) is 12.2 Å². The predicted octanol–water partition coefficient (Wildman–Crippen LogP) is 0.263. The van der Waals surface area contributed by atoms with Crippen LogP contribution in [0.3, 0.4) is 0 Å². The van der Waals surface area contributed by atoms with Crippen LogP contribution in [0.4, 0.5) is 0 Å². The third-order valence-electron chi connectivity index (χ3n) is 1.42. The maximum Gasteiger partial charge on any atom is 0.325 e. The van der Waals surface area contributed by atoms with Crippen molar-refractivity contribution in [2.75, 3.05) is 5.75 Å². The first-order chi connectivity index (χ1) is 7.24. The average molecular weight is 226 g/mol. The lowest BCUT2D eigenvalue weighted by molar-refractivity contribution is -0.138. The summed E-state index contributed by atoms with van der Waals surface area (Å²) in [5, 5.41) is 19.8. The van der Waals surface area contributed by atoms with Crippen LogP contribution in [0.2, 0.25) is 0 Å². The van der Waals surface area contributed by atoms with Gasteiger partial charge in [-0.3, -0.25) is 4.79 Å². The molecule has 80 valence electrons. The fourth-order valence-electron chi connectivity index (χ4n) is 0.846. The Morgan fingerprint density at radius 2 is 2.47 bits per heavy atom. The topological polar surface area (TPSA) is 80.9 Å². The number of aromatic nitrogens is 4. The summed E-state index contributed by atoms with van der Waals surface area (Å²) in [4.78, 5) is 10.4. The summed E-state index contributed by atoms with van der Waals surface area (Å²) in [7, 11) is 0. The van der Waals surface area contributed by atoms with Crippen molar-refractivity contribution in [2.24, 2.45) is 0 Å². The average Bonchev–Trinajstić information content (AvgIpc) is 2.59. The minimum Gasteiger partial charge on any atom is -0.480 e. The number of thioether (sulfide) groups is 1. The molecule has 1 heterocycles. The molecule has 0 radical (unpaired) electrons. The molecule has 0 aliphatic rings. The number of aliphatic carboxylic acids is 1. The summed E-state index contributed by atoms with van der Waals surface area (Å²) in [6, 6.07) is 0. The van der Waals surface area contributed by atoms with Crippen LogP contribution in [0.5, 0.6) is 0 Å². The monoisotopic (exact) mass is 226 g/mol. The molecule has 0 aromatic carbocycles. The number of nitrogens with zero attached hydrogens (tertiary/aromatic N) is 4. The van der Waals surface area contributed by atoms with Crippen molar-refractivity contribution < 1.29 is 9.90 Å². The largest absolute Gasteiger partial charge is 0.480 e. The van der Waals surface area contributed by atoms with E-state index >= 15 is 0 Å². The zero-order chi connectivity index (χ0) is 11.1. The molecule has 0 unspecified atom stereocenters. The lowest BCUT2D eigenvalue weighted by Gasteiger charge is -1.98. The second-order valence-electron chi connectivity index (χ2n) is 2.54. The van der Waals surface area contributed by atoms with Crippen molar-refractivity contribution >= 4 is 17.7 Å². The van der Waals surface area contributed by atoms with Crippen molar-refractivity contribution in [3.05, 3.63) is 0 Å². The number of hydrogen-bond acceptors (Lipinski definition) is 5. The van der Waals surface area contributed by atoms with Gasteiger partial charge in [-0.1, -0.05) is 11.8 Å². The summed E-state index contributed by atoms with van der Waals surface area (Å²) in [5.41, 5.74) is 0. The van der Waals surface area contributed by atoms with E-state index in [9.17, 15) is 4.79 Å². The van der Waals surface area contributed by atoms with E-state index in [1.165, 1.54) is 16.4 Å². The van der Waals surface area contributed by atoms with Crippen LogP contribution >= 0.6 is 11.8 Å². The zero-order valence-electron chi connectivity index (χ0n) is 8.17. The summed E-state index contributed by atoms with van der Waals surface area (Å²) < 4.78 is 1.26. The van der Waals surface area contributed by atoms with Gasteiger partial charge in [-0.25, -0.2) is 4.68 Å². The predicted molar refractivity (Wildman–Crippen MR) is 54.2 cm³/mol. The molecule has 1 aromatic heterocycles. The fraction of sp³-hybridized carbons (Fsp3) is 0.500. The standard InChI is InChI=1S/C8H10N4O2S/c1-2-3-4-5-15-8-9-10-11-12(8)6-7(13)14/h4-6H2,1H3,(H,13,14). The molecular weight excluding hydrogens is 216 g/mol. The van der Waals surface area contributed by atoms with E-state index in [-0.39, 0.29) is 6.54 Å². The molecule has 0 fully saturated rings. The molecule has 0 aliphatic carbocycles. The summed E-state index contributed by atoms with van der Waals surface area (Å²) in [5.74, 6) is 5.47. The highest BCUT2D eigenvalue weighted by Gasteiger charge is 2.08. The van der Waals surface area contributed by atoms with E-state index in [2.05, 4.69) is 27.4 Å². The number of carbonyl (C=O) groups is 1. The van der Waals surface area contributed by atoms with Crippen molar-refractivity contribution in [2.45, 2.75) is 25.0 Å². The molecule has 0 spiro atoms. The summed E-state index contributed by atoms with van der Waals surface area (Å²) in [6.07, 6.45) is 0.737. The molecule has 1 rings (SSSR count). The summed E-state index contributed by atoms with van der Waals surface area (Å²) >= 11 is 1.40. The minimum atomic E-state index is -0.961. The molecule has 0 aliphatic heterocycles. The second-order valence-corrected chi connectivity index (χ2v) is 3.60. The molecule has 7 heteroatoms. The zero-order valence-corrected chi connectivity index (χ0v) is 8.99. The lowest BCUT2D eigenvalue weighted by atomic mass is 10.5. The van der Waals surface area contributed by atoms with Crippen LogP contribution in [-0.2, 0) is 11.3 Å². The Labute approximate surface area is 91.0 Å². The van der Waals surface area contributed by atoms with Gasteiger partial charge < -0.3 is 5.11 Å². The van der Waals surface area contributed by atoms with Crippen LogP contribution in [0.1, 0.15) is 13.3 Å². The molecular formula is C8H10N4O2S. The fourth-order valence-corrected chi connectivity index (χ4v) is 1.58. The van der Waals surface area contributed by atoms with Crippen LogP contribution in [0.15, 0.2) is 5.16 Å². The maximum atomic E-state index is 10.4. The van der Waals surface area contributed by atoms with Crippen LogP contribution in [0.25, 0.3) is 0 Å². The molecule has 0 bridgehead atoms. The van der Waals surface area contributed by atoms with Crippen molar-refractivity contribution in [1.29, 1.82) is 0 Å². The molecule has 0 amide bonds. The van der Waals surface area contributed by atoms with Crippen molar-refractivity contribution in [3.63, 3.8) is 0 Å². The first-order valence-electron chi connectivity index (χ1n) is 4.24. The number of rotatable bonds is 5. The van der Waals surface area contributed by atoms with Crippen LogP contribution in [0, 0.1) is 11.8 Å². The molecule has 0 saturated heterocycles. The van der Waals surface area contributed by atoms with Gasteiger partial charge in [0, 0.05) is 12.2 Å². The van der Waals surface area contributed by atoms with Gasteiger partial charge in [-0.05, 0) is 17.4 Å². The highest BCUT2D eigenvalue weighted by Crippen LogP contribution is 2.13. The normalized spacial score (nSPS) is 9.40. The molecule has 15 heavy (non-hydrogen) atoms. The van der Waals surface area contributed by atoms with E-state index in [4.69, 9.17) is 5.11 Å². The Bertz CT molecular complexity index is 393. The summed E-state index contributed by atoms with van der Waals surface area (Å²) in [6.45, 7) is 1.56. The van der Waals surface area contributed by atoms with Gasteiger partial charge in [0.2, 0.25) is 5.16 Å². The van der Waals surface area contributed by atoms with Gasteiger partial charge in [0.15, 0.2) is 0 Å². The van der Waals surface area contributed by atoms with E-state index in [1.807, 2.05) is 0 Å². The van der Waals surface area contributed by atoms with E-state index < -0.39 is 5.97 Å². The Kier molecular flexibility index (Phi) is 4.63. The third kappa shape index (κ3) is 3.99. The Morgan fingerprint density at radius 3 is 3.13 bits per heavy atom. The molecule has 1 aromatic rings. The van der Waals surface area contributed by atoms with Gasteiger partial charge in [0.05, 0.1) is 0 Å². The van der Waals surface area contributed by atoms with Gasteiger partial charge in [0.1, 0.15) is 6.54 Å². The number of carboxylic acids is 1. The number of tetrazole rings is 1. The second kappa shape index (κ2) is 6.03. The van der Waals surface area contributed by atoms with Crippen LogP contribution in [-0.4, -0.2) is 37.0 Å². The van der Waals surface area contributed by atoms with Crippen molar-refractivity contribution in [1.82, 2.24) is 20.2 Å². The molecule has 6 nitrogen and oxygen atoms in total. The smallest absolute Gasteiger partial charge is 0.325 e. The van der Waals surface area contributed by atoms with E-state index in [0.29, 0.717) is 5.16 Å². The first kappa shape index (κ1) is 11.5. The highest BCUT2D eigenvalue weighted by molar-refractivity contribution is 7.99. The third-order valence-corrected chi connectivity index (χ3v) is 2.38. The van der Waals surface area contributed by atoms with Crippen molar-refractivity contribution in [3.8, 4) is 11.8 Å². The first-order valence-corrected chi connectivity index (χ1v) is 5.23. The van der Waals surface area contributed by atoms with Gasteiger partial charge in [0.25, 0.3) is 0 Å². The highest BCUT2D eigenvalue weighted by atomic mass is 32.2. The van der Waals surface area contributed by atoms with Crippen LogP contribution < -0.4 is 0 Å². The lowest BCUT2D eigenvalue weighted by Crippen LogP contribution is -2.11. The Morgan fingerprint density at radius 1 is 1.67 bits per heavy atom. The van der Waals surface area contributed by atoms with E-state index in [1.54, 1.807) is 6.92 Å². The Hall–Kier alpha value is -1.55. The molecule has 0 saturated carbocycles. The van der Waals surface area contributed by atoms with Gasteiger partial charge >= 0.3 is 5.97 Å². The quantitative estimate of drug-likeness (QED) is 0.441. The van der Waals surface area contributed by atoms with Gasteiger partial charge in [-0.2, -0.15) is 0 Å². The molecule has 1 N–H and O–H groups in total. The minimum absolute atomic E-state index is 0.214. The number of carboxylic acid groups (broad SMARTS) is 1. The maximum absolute atomic E-state index is 10.4. The SMILES string of the molecule is CC#CCCSc1nnnn1CC(=O)O. The molecule has 0 atom stereocenters.